The highest BCUT2D eigenvalue weighted by atomic mass is 19.3. The molecule has 1 heterocycles. The number of rotatable bonds is 3. The molecule has 0 spiro atoms. The van der Waals surface area contributed by atoms with Crippen LogP contribution in [0.1, 0.15) is 13.3 Å². The first-order valence-electron chi connectivity index (χ1n) is 3.92. The molecule has 1 atom stereocenters. The number of carbonyl (C=O) groups excluding carboxylic acids is 1. The van der Waals surface area contributed by atoms with Crippen molar-refractivity contribution in [3.8, 4) is 0 Å². The largest absolute Gasteiger partial charge is 0.461 e. The van der Waals surface area contributed by atoms with E-state index in [0.717, 1.165) is 0 Å². The summed E-state index contributed by atoms with van der Waals surface area (Å²) < 4.78 is 28.7. The van der Waals surface area contributed by atoms with E-state index in [1.165, 1.54) is 0 Å². The summed E-state index contributed by atoms with van der Waals surface area (Å²) >= 11 is 0. The Kier molecular flexibility index (Phi) is 3.16. The number of nitrogens with zero attached hydrogens (tertiary/aromatic N) is 1. The summed E-state index contributed by atoms with van der Waals surface area (Å²) in [5.74, 6) is -0.627. The summed E-state index contributed by atoms with van der Waals surface area (Å²) in [6, 6.07) is -1.06. The molecule has 4 nitrogen and oxygen atoms in total. The van der Waals surface area contributed by atoms with Crippen LogP contribution in [0.4, 0.5) is 8.78 Å². The molecule has 1 N–H and O–H groups in total. The lowest BCUT2D eigenvalue weighted by atomic mass is 10.2. The summed E-state index contributed by atoms with van der Waals surface area (Å²) in [6.07, 6.45) is -2.59. The van der Waals surface area contributed by atoms with Crippen LogP contribution < -0.4 is 5.43 Å². The number of esters is 1. The molecule has 6 heteroatoms. The summed E-state index contributed by atoms with van der Waals surface area (Å²) in [7, 11) is 0. The van der Waals surface area contributed by atoms with E-state index in [0.29, 0.717) is 0 Å². The number of ether oxygens (including phenoxy) is 1. The molecule has 0 amide bonds. The summed E-state index contributed by atoms with van der Waals surface area (Å²) in [4.78, 5) is 11.0. The zero-order valence-electron chi connectivity index (χ0n) is 7.09. The average molecular weight is 192 g/mol. The fourth-order valence-electron chi connectivity index (χ4n) is 0.949. The molecule has 0 radical (unpaired) electrons. The van der Waals surface area contributed by atoms with Crippen LogP contribution >= 0.6 is 0 Å². The lowest BCUT2D eigenvalue weighted by Gasteiger charge is -2.06. The fraction of sp³-hybridized carbons (Fsp3) is 0.714. The second-order valence-electron chi connectivity index (χ2n) is 2.55. The second-order valence-corrected chi connectivity index (χ2v) is 2.55. The first-order valence-corrected chi connectivity index (χ1v) is 3.92. The van der Waals surface area contributed by atoms with Crippen molar-refractivity contribution in [1.29, 1.82) is 0 Å². The molecule has 13 heavy (non-hydrogen) atoms. The van der Waals surface area contributed by atoms with Gasteiger partial charge in [0, 0.05) is 6.42 Å². The summed E-state index contributed by atoms with van der Waals surface area (Å²) in [5.41, 5.74) is 2.22. The van der Waals surface area contributed by atoms with Crippen molar-refractivity contribution in [1.82, 2.24) is 5.43 Å². The van der Waals surface area contributed by atoms with E-state index in [1.807, 2.05) is 0 Å². The van der Waals surface area contributed by atoms with Gasteiger partial charge in [0.25, 0.3) is 6.43 Å². The molecule has 1 rings (SSSR count). The highest BCUT2D eigenvalue weighted by Crippen LogP contribution is 2.12. The third-order valence-electron chi connectivity index (χ3n) is 1.59. The summed E-state index contributed by atoms with van der Waals surface area (Å²) in [6.45, 7) is 1.86. The van der Waals surface area contributed by atoms with Crippen molar-refractivity contribution >= 4 is 11.7 Å². The Morgan fingerprint density at radius 1 is 1.85 bits per heavy atom. The molecular formula is C7H10F2N2O2. The highest BCUT2D eigenvalue weighted by Gasteiger charge is 2.30. The van der Waals surface area contributed by atoms with Crippen molar-refractivity contribution in [2.75, 3.05) is 6.61 Å². The van der Waals surface area contributed by atoms with Crippen molar-refractivity contribution in [2.45, 2.75) is 25.8 Å². The Bertz CT molecular complexity index is 231. The number of hydrazone groups is 1. The van der Waals surface area contributed by atoms with Gasteiger partial charge < -0.3 is 10.2 Å². The maximum Gasteiger partial charge on any atom is 0.354 e. The molecule has 0 unspecified atom stereocenters. The third-order valence-corrected chi connectivity index (χ3v) is 1.59. The third kappa shape index (κ3) is 2.37. The van der Waals surface area contributed by atoms with Crippen LogP contribution in [0.25, 0.3) is 0 Å². The monoisotopic (exact) mass is 192 g/mol. The molecule has 0 aromatic carbocycles. The van der Waals surface area contributed by atoms with E-state index in [9.17, 15) is 13.6 Å². The van der Waals surface area contributed by atoms with Gasteiger partial charge in [0.15, 0.2) is 0 Å². The maximum atomic E-state index is 12.1. The number of nitrogens with one attached hydrogen (secondary N) is 1. The Hall–Kier alpha value is -1.20. The molecule has 0 saturated heterocycles. The lowest BCUT2D eigenvalue weighted by molar-refractivity contribution is -0.135. The maximum absolute atomic E-state index is 12.1. The van der Waals surface area contributed by atoms with Crippen LogP contribution in [0.5, 0.6) is 0 Å². The Labute approximate surface area is 73.9 Å². The minimum atomic E-state index is -2.52. The predicted molar refractivity (Wildman–Crippen MR) is 41.6 cm³/mol. The van der Waals surface area contributed by atoms with Gasteiger partial charge in [0.05, 0.1) is 6.61 Å². The van der Waals surface area contributed by atoms with E-state index >= 15 is 0 Å². The van der Waals surface area contributed by atoms with Crippen molar-refractivity contribution in [3.63, 3.8) is 0 Å². The van der Waals surface area contributed by atoms with Crippen molar-refractivity contribution < 1.29 is 18.3 Å². The van der Waals surface area contributed by atoms with E-state index in [2.05, 4.69) is 15.3 Å². The zero-order chi connectivity index (χ0) is 9.84. The van der Waals surface area contributed by atoms with E-state index in [1.54, 1.807) is 6.92 Å². The van der Waals surface area contributed by atoms with Crippen LogP contribution in [0.15, 0.2) is 5.10 Å². The number of hydrogen-bond acceptors (Lipinski definition) is 4. The van der Waals surface area contributed by atoms with Crippen molar-refractivity contribution in [3.05, 3.63) is 0 Å². The van der Waals surface area contributed by atoms with Gasteiger partial charge in [-0.3, -0.25) is 0 Å². The number of carbonyl (C=O) groups is 1. The predicted octanol–water partition coefficient (Wildman–Crippen LogP) is 0.532. The van der Waals surface area contributed by atoms with Gasteiger partial charge in [-0.25, -0.2) is 13.6 Å². The Morgan fingerprint density at radius 2 is 2.54 bits per heavy atom. The van der Waals surface area contributed by atoms with Crippen LogP contribution in [0.3, 0.4) is 0 Å². The fourth-order valence-corrected chi connectivity index (χ4v) is 0.949. The minimum absolute atomic E-state index is 0.0344. The molecule has 1 aliphatic heterocycles. The van der Waals surface area contributed by atoms with E-state index in [4.69, 9.17) is 0 Å². The van der Waals surface area contributed by atoms with Gasteiger partial charge in [0.1, 0.15) is 11.8 Å². The van der Waals surface area contributed by atoms with Gasteiger partial charge in [-0.15, -0.1) is 0 Å². The Morgan fingerprint density at radius 3 is 3.00 bits per heavy atom. The standard InChI is InChI=1S/C7H10F2N2O2/c1-2-13-7(12)5-3-4(6(8)9)10-11-5/h4,6,10H,2-3H2,1H3/t4-/m1/s1. The summed E-state index contributed by atoms with van der Waals surface area (Å²) in [5, 5.41) is 3.47. The Balaban J connectivity index is 2.44. The molecule has 74 valence electrons. The molecule has 1 aliphatic rings. The van der Waals surface area contributed by atoms with Gasteiger partial charge in [-0.05, 0) is 6.92 Å². The molecular weight excluding hydrogens is 182 g/mol. The van der Waals surface area contributed by atoms with Crippen LogP contribution in [-0.4, -0.2) is 30.8 Å². The number of halogens is 2. The van der Waals surface area contributed by atoms with Gasteiger partial charge in [-0.1, -0.05) is 0 Å². The highest BCUT2D eigenvalue weighted by molar-refractivity contribution is 6.36. The normalized spacial score (nSPS) is 21.2. The van der Waals surface area contributed by atoms with E-state index in [-0.39, 0.29) is 18.7 Å². The molecule has 0 fully saturated rings. The second kappa shape index (κ2) is 4.15. The number of hydrogen-bond donors (Lipinski definition) is 1. The van der Waals surface area contributed by atoms with Gasteiger partial charge >= 0.3 is 5.97 Å². The van der Waals surface area contributed by atoms with Gasteiger partial charge in [-0.2, -0.15) is 5.10 Å². The minimum Gasteiger partial charge on any atom is -0.461 e. The topological polar surface area (TPSA) is 50.7 Å². The SMILES string of the molecule is CCOC(=O)C1=NN[C@@H](C(F)F)C1. The smallest absolute Gasteiger partial charge is 0.354 e. The average Bonchev–Trinajstić information content (AvgIpc) is 2.52. The number of alkyl halides is 2. The first kappa shape index (κ1) is 9.88. The van der Waals surface area contributed by atoms with Gasteiger partial charge in [0.2, 0.25) is 0 Å². The van der Waals surface area contributed by atoms with E-state index < -0.39 is 18.4 Å². The zero-order valence-corrected chi connectivity index (χ0v) is 7.09. The van der Waals surface area contributed by atoms with Crippen molar-refractivity contribution in [2.24, 2.45) is 5.10 Å². The molecule has 0 aromatic heterocycles. The molecule has 0 aromatic rings. The molecule has 0 aliphatic carbocycles. The lowest BCUT2D eigenvalue weighted by Crippen LogP contribution is -2.28. The van der Waals surface area contributed by atoms with Crippen LogP contribution in [0.2, 0.25) is 0 Å². The van der Waals surface area contributed by atoms with Crippen LogP contribution in [-0.2, 0) is 9.53 Å². The first-order chi connectivity index (χ1) is 6.15. The quantitative estimate of drug-likeness (QED) is 0.663. The van der Waals surface area contributed by atoms with Crippen LogP contribution in [0, 0.1) is 0 Å². The molecule has 0 bridgehead atoms. The molecule has 0 saturated carbocycles.